The van der Waals surface area contributed by atoms with Crippen molar-refractivity contribution in [2.75, 3.05) is 13.3 Å². The average Bonchev–Trinajstić information content (AvgIpc) is 1.97. The highest BCUT2D eigenvalue weighted by molar-refractivity contribution is 6.85. The first-order valence-corrected chi connectivity index (χ1v) is 10.3. The highest BCUT2D eigenvalue weighted by Gasteiger charge is 1.88. The number of unbranched alkanes of at least 4 members (excludes halogenated alkanes) is 3. The summed E-state index contributed by atoms with van der Waals surface area (Å²) in [5, 5.41) is 0. The Kier molecular flexibility index (Phi) is 9.63. The van der Waals surface area contributed by atoms with Gasteiger partial charge in [-0.2, -0.15) is 0 Å². The third-order valence-electron chi connectivity index (χ3n) is 1.38. The molecule has 0 aromatic carbocycles. The quantitative estimate of drug-likeness (QED) is 0.393. The van der Waals surface area contributed by atoms with Crippen molar-refractivity contribution in [2.24, 2.45) is 0 Å². The van der Waals surface area contributed by atoms with Gasteiger partial charge in [0.25, 0.3) is 0 Å². The highest BCUT2D eigenvalue weighted by Crippen LogP contribution is 1.99. The Morgan fingerprint density at radius 3 is 2.50 bits per heavy atom. The number of alkyl halides is 1. The Bertz CT molecular complexity index is 55.7. The van der Waals surface area contributed by atoms with Crippen molar-refractivity contribution in [2.45, 2.75) is 25.7 Å². The lowest BCUT2D eigenvalue weighted by atomic mass is 10.2. The summed E-state index contributed by atoms with van der Waals surface area (Å²) in [4.78, 5) is 0. The van der Waals surface area contributed by atoms with Crippen LogP contribution in [-0.4, -0.2) is 32.3 Å². The fourth-order valence-electron chi connectivity index (χ4n) is 0.797. The first kappa shape index (κ1) is 10.3. The van der Waals surface area contributed by atoms with Gasteiger partial charge in [-0.25, -0.2) is 0 Å². The van der Waals surface area contributed by atoms with E-state index in [1.165, 1.54) is 9.76 Å². The molecular weight excluding hydrogens is 163 g/mol. The van der Waals surface area contributed by atoms with E-state index in [4.69, 9.17) is 4.43 Å². The van der Waals surface area contributed by atoms with Gasteiger partial charge in [0.05, 0.1) is 6.67 Å². The maximum Gasteiger partial charge on any atom is 0.139 e. The Balaban J connectivity index is 2.65. The molecule has 0 aliphatic heterocycles. The zero-order valence-electron chi connectivity index (χ0n) is 6.74. The summed E-state index contributed by atoms with van der Waals surface area (Å²) in [7, 11) is 1.20. The van der Waals surface area contributed by atoms with Crippen LogP contribution < -0.4 is 0 Å². The molecule has 0 aromatic heterocycles. The summed E-state index contributed by atoms with van der Waals surface area (Å²) >= 11 is 0. The zero-order chi connectivity index (χ0) is 7.66. The average molecular weight is 180 g/mol. The number of hydrogen-bond acceptors (Lipinski definition) is 1. The van der Waals surface area contributed by atoms with Gasteiger partial charge in [0.15, 0.2) is 0 Å². The molecule has 0 radical (unpaired) electrons. The van der Waals surface area contributed by atoms with E-state index in [0.29, 0.717) is 0 Å². The smallest absolute Gasteiger partial charge is 0.139 e. The summed E-state index contributed by atoms with van der Waals surface area (Å²) < 4.78 is 16.9. The number of rotatable bonds is 7. The predicted octanol–water partition coefficient (Wildman–Crippen LogP) is -0.103. The molecule has 0 N–H and O–H groups in total. The van der Waals surface area contributed by atoms with Crippen LogP contribution in [0.1, 0.15) is 25.7 Å². The largest absolute Gasteiger partial charge is 0.428 e. The van der Waals surface area contributed by atoms with Crippen LogP contribution in [0.2, 0.25) is 0 Å². The molecule has 1 nitrogen and oxygen atoms in total. The molecule has 0 aliphatic carbocycles. The Morgan fingerprint density at radius 1 is 1.20 bits per heavy atom. The van der Waals surface area contributed by atoms with E-state index >= 15 is 0 Å². The van der Waals surface area contributed by atoms with Crippen LogP contribution in [-0.2, 0) is 4.43 Å². The van der Waals surface area contributed by atoms with Crippen LogP contribution in [0.25, 0.3) is 0 Å². The van der Waals surface area contributed by atoms with Crippen LogP contribution in [0.3, 0.4) is 0 Å². The molecular formula is C6H17FOSi2. The second-order valence-electron chi connectivity index (χ2n) is 2.30. The van der Waals surface area contributed by atoms with Crippen molar-refractivity contribution in [3.63, 3.8) is 0 Å². The van der Waals surface area contributed by atoms with Crippen LogP contribution in [0.5, 0.6) is 0 Å². The van der Waals surface area contributed by atoms with Gasteiger partial charge < -0.3 is 4.43 Å². The van der Waals surface area contributed by atoms with Crippen molar-refractivity contribution in [3.8, 4) is 0 Å². The molecule has 0 bridgehead atoms. The van der Waals surface area contributed by atoms with Crippen molar-refractivity contribution in [1.29, 1.82) is 0 Å². The van der Waals surface area contributed by atoms with Crippen LogP contribution in [0.4, 0.5) is 4.39 Å². The summed E-state index contributed by atoms with van der Waals surface area (Å²) in [5.74, 6) is 0. The van der Waals surface area contributed by atoms with E-state index < -0.39 is 0 Å². The van der Waals surface area contributed by atoms with Gasteiger partial charge >= 0.3 is 0 Å². The molecule has 0 aliphatic rings. The molecule has 0 aromatic rings. The highest BCUT2D eigenvalue weighted by atomic mass is 29.1. The third kappa shape index (κ3) is 8.32. The molecule has 0 atom stereocenters. The summed E-state index contributed by atoms with van der Waals surface area (Å²) in [6.45, 7) is 0.776. The van der Waals surface area contributed by atoms with E-state index in [0.717, 1.165) is 32.3 Å². The van der Waals surface area contributed by atoms with Gasteiger partial charge in [-0.05, 0) is 12.8 Å². The van der Waals surface area contributed by atoms with Crippen molar-refractivity contribution in [3.05, 3.63) is 0 Å². The molecule has 0 saturated carbocycles. The lowest BCUT2D eigenvalue weighted by Crippen LogP contribution is -1.99. The minimum atomic E-state index is -0.156. The first-order valence-electron chi connectivity index (χ1n) is 4.05. The standard InChI is InChI=1S/C6H17FOSi2/c7-5-3-1-2-4-6-8-10-9/h1-6,10H2,9H3. The van der Waals surface area contributed by atoms with E-state index in [9.17, 15) is 4.39 Å². The Hall–Kier alpha value is 0.324. The molecule has 0 spiro atoms. The predicted molar refractivity (Wildman–Crippen MR) is 48.9 cm³/mol. The second-order valence-corrected chi connectivity index (χ2v) is 5.02. The van der Waals surface area contributed by atoms with E-state index in [1.54, 1.807) is 0 Å². The van der Waals surface area contributed by atoms with Gasteiger partial charge in [0, 0.05) is 16.4 Å². The fourth-order valence-corrected chi connectivity index (χ4v) is 2.16. The summed E-state index contributed by atoms with van der Waals surface area (Å²) in [6.07, 6.45) is 4.04. The lowest BCUT2D eigenvalue weighted by molar-refractivity contribution is 0.326. The summed E-state index contributed by atoms with van der Waals surface area (Å²) in [6, 6.07) is 0. The van der Waals surface area contributed by atoms with Crippen LogP contribution >= 0.6 is 0 Å². The lowest BCUT2D eigenvalue weighted by Gasteiger charge is -1.99. The molecule has 10 heavy (non-hydrogen) atoms. The van der Waals surface area contributed by atoms with Crippen LogP contribution in [0, 0.1) is 0 Å². The van der Waals surface area contributed by atoms with Gasteiger partial charge in [0.1, 0.15) is 9.28 Å². The molecule has 0 heterocycles. The van der Waals surface area contributed by atoms with Gasteiger partial charge in [-0.15, -0.1) is 0 Å². The number of hydrogen-bond donors (Lipinski definition) is 0. The molecule has 0 rings (SSSR count). The molecule has 0 unspecified atom stereocenters. The van der Waals surface area contributed by atoms with Gasteiger partial charge in [-0.3, -0.25) is 4.39 Å². The SMILES string of the molecule is FCCCCCCO[SiH2][SiH3]. The molecule has 4 heteroatoms. The van der Waals surface area contributed by atoms with Gasteiger partial charge in [0.2, 0.25) is 0 Å². The van der Waals surface area contributed by atoms with Gasteiger partial charge in [-0.1, -0.05) is 12.8 Å². The number of halogens is 1. The Morgan fingerprint density at radius 2 is 1.90 bits per heavy atom. The zero-order valence-corrected chi connectivity index (χ0v) is 10.2. The van der Waals surface area contributed by atoms with E-state index in [-0.39, 0.29) is 16.0 Å². The molecule has 0 amide bonds. The first-order chi connectivity index (χ1) is 4.91. The molecule has 0 saturated heterocycles. The Labute approximate surface area is 67.5 Å². The fraction of sp³-hybridized carbons (Fsp3) is 1.00. The topological polar surface area (TPSA) is 9.23 Å². The minimum Gasteiger partial charge on any atom is -0.428 e. The monoisotopic (exact) mass is 180 g/mol. The molecule has 62 valence electrons. The molecule has 0 fully saturated rings. The van der Waals surface area contributed by atoms with Crippen molar-refractivity contribution < 1.29 is 8.82 Å². The third-order valence-corrected chi connectivity index (χ3v) is 3.30. The van der Waals surface area contributed by atoms with Crippen molar-refractivity contribution >= 4 is 19.0 Å². The van der Waals surface area contributed by atoms with E-state index in [2.05, 4.69) is 0 Å². The van der Waals surface area contributed by atoms with E-state index in [1.807, 2.05) is 0 Å². The maximum atomic E-state index is 11.5. The minimum absolute atomic E-state index is 0.0607. The van der Waals surface area contributed by atoms with Crippen LogP contribution in [0.15, 0.2) is 0 Å². The van der Waals surface area contributed by atoms with Crippen molar-refractivity contribution in [1.82, 2.24) is 0 Å². The summed E-state index contributed by atoms with van der Waals surface area (Å²) in [5.41, 5.74) is 0. The maximum absolute atomic E-state index is 11.5. The normalized spacial score (nSPS) is 11.7. The second kappa shape index (κ2) is 9.32.